The van der Waals surface area contributed by atoms with E-state index in [1.807, 2.05) is 6.92 Å². The van der Waals surface area contributed by atoms with Crippen LogP contribution in [0.3, 0.4) is 0 Å². The third kappa shape index (κ3) is 5.85. The van der Waals surface area contributed by atoms with E-state index in [4.69, 9.17) is 0 Å². The monoisotopic (exact) mass is 213 g/mol. The Hall–Kier alpha value is -1.36. The molecule has 0 atom stereocenters. The Kier molecular flexibility index (Phi) is 7.27. The van der Waals surface area contributed by atoms with Gasteiger partial charge in [-0.15, -0.1) is 6.58 Å². The molecule has 0 aliphatic rings. The Labute approximate surface area is 90.5 Å². The van der Waals surface area contributed by atoms with Crippen LogP contribution in [-0.2, 0) is 9.59 Å². The molecule has 15 heavy (non-hydrogen) atoms. The minimum Gasteiger partial charge on any atom is -0.358 e. The number of carbonyl (C=O) groups excluding carboxylic acids is 2. The number of nitrogens with zero attached hydrogens (tertiary/aromatic N) is 1. The summed E-state index contributed by atoms with van der Waals surface area (Å²) in [6.07, 6.45) is 1.68. The van der Waals surface area contributed by atoms with Gasteiger partial charge in [-0.2, -0.15) is 0 Å². The lowest BCUT2D eigenvalue weighted by molar-refractivity contribution is -0.134. The first-order chi connectivity index (χ1) is 7.15. The zero-order valence-corrected chi connectivity index (χ0v) is 9.38. The van der Waals surface area contributed by atoms with Crippen LogP contribution in [0.15, 0.2) is 12.7 Å². The van der Waals surface area contributed by atoms with Crippen molar-refractivity contribution in [2.24, 2.45) is 0 Å². The fraction of sp³-hybridized carbons (Fsp3) is 0.600. The Balaban J connectivity index is 3.98. The Morgan fingerprint density at radius 1 is 1.47 bits per heavy atom. The average Bonchev–Trinajstić information content (AvgIpc) is 2.25. The normalized spacial score (nSPS) is 9.47. The molecule has 0 aromatic heterocycles. The Bertz CT molecular complexity index is 229. The van der Waals surface area contributed by atoms with Gasteiger partial charge in [0.25, 0.3) is 0 Å². The van der Waals surface area contributed by atoms with E-state index in [-0.39, 0.29) is 24.9 Å². The van der Waals surface area contributed by atoms with E-state index in [1.165, 1.54) is 4.90 Å². The highest BCUT2D eigenvalue weighted by Crippen LogP contribution is 1.88. The predicted molar refractivity (Wildman–Crippen MR) is 59.4 cm³/mol. The van der Waals surface area contributed by atoms with E-state index in [1.54, 1.807) is 13.1 Å². The number of hydrogen-bond donors (Lipinski definition) is 2. The van der Waals surface area contributed by atoms with Crippen LogP contribution in [0.1, 0.15) is 6.92 Å². The predicted octanol–water partition coefficient (Wildman–Crippen LogP) is -0.643. The molecule has 0 aromatic rings. The van der Waals surface area contributed by atoms with Crippen LogP contribution in [0.2, 0.25) is 0 Å². The van der Waals surface area contributed by atoms with Gasteiger partial charge >= 0.3 is 0 Å². The minimum atomic E-state index is -0.158. The first kappa shape index (κ1) is 13.6. The fourth-order valence-electron chi connectivity index (χ4n) is 1.02. The van der Waals surface area contributed by atoms with Crippen molar-refractivity contribution >= 4 is 11.8 Å². The van der Waals surface area contributed by atoms with Crippen molar-refractivity contribution in [3.8, 4) is 0 Å². The third-order valence-electron chi connectivity index (χ3n) is 1.91. The maximum Gasteiger partial charge on any atom is 0.239 e. The molecule has 5 heteroatoms. The van der Waals surface area contributed by atoms with Gasteiger partial charge in [0.05, 0.1) is 13.1 Å². The second-order valence-electron chi connectivity index (χ2n) is 3.00. The molecule has 0 aliphatic carbocycles. The molecule has 5 nitrogen and oxygen atoms in total. The molecular formula is C10H19N3O2. The molecule has 0 saturated carbocycles. The number of carbonyl (C=O) groups is 2. The smallest absolute Gasteiger partial charge is 0.239 e. The largest absolute Gasteiger partial charge is 0.358 e. The van der Waals surface area contributed by atoms with Crippen molar-refractivity contribution in [2.75, 3.05) is 33.2 Å². The maximum atomic E-state index is 11.5. The first-order valence-electron chi connectivity index (χ1n) is 4.95. The molecule has 0 bridgehead atoms. The van der Waals surface area contributed by atoms with Gasteiger partial charge in [-0.3, -0.25) is 9.59 Å². The molecule has 86 valence electrons. The zero-order chi connectivity index (χ0) is 11.7. The molecule has 0 aromatic carbocycles. The molecule has 0 radical (unpaired) electrons. The van der Waals surface area contributed by atoms with Crippen LogP contribution < -0.4 is 10.6 Å². The number of hydrogen-bond acceptors (Lipinski definition) is 3. The summed E-state index contributed by atoms with van der Waals surface area (Å²) < 4.78 is 0. The molecule has 0 unspecified atom stereocenters. The molecular weight excluding hydrogens is 194 g/mol. The fourth-order valence-corrected chi connectivity index (χ4v) is 1.02. The van der Waals surface area contributed by atoms with Gasteiger partial charge in [0, 0.05) is 20.1 Å². The SMILES string of the molecule is C=CCNCC(=O)N(CC)CC(=O)NC. The number of amides is 2. The van der Waals surface area contributed by atoms with Crippen LogP contribution in [0.4, 0.5) is 0 Å². The molecule has 2 N–H and O–H groups in total. The van der Waals surface area contributed by atoms with Crippen LogP contribution >= 0.6 is 0 Å². The lowest BCUT2D eigenvalue weighted by Gasteiger charge is -2.19. The van der Waals surface area contributed by atoms with Gasteiger partial charge in [-0.25, -0.2) is 0 Å². The lowest BCUT2D eigenvalue weighted by atomic mass is 10.4. The maximum absolute atomic E-state index is 11.5. The topological polar surface area (TPSA) is 61.4 Å². The number of likely N-dealkylation sites (N-methyl/N-ethyl adjacent to an activating group) is 2. The summed E-state index contributed by atoms with van der Waals surface area (Å²) in [5.41, 5.74) is 0. The van der Waals surface area contributed by atoms with E-state index in [0.29, 0.717) is 13.1 Å². The van der Waals surface area contributed by atoms with Gasteiger partial charge in [-0.1, -0.05) is 6.08 Å². The zero-order valence-electron chi connectivity index (χ0n) is 9.38. The van der Waals surface area contributed by atoms with Gasteiger partial charge in [0.2, 0.25) is 11.8 Å². The van der Waals surface area contributed by atoms with Crippen molar-refractivity contribution in [2.45, 2.75) is 6.92 Å². The summed E-state index contributed by atoms with van der Waals surface area (Å²) >= 11 is 0. The van der Waals surface area contributed by atoms with Crippen molar-refractivity contribution in [3.05, 3.63) is 12.7 Å². The number of rotatable bonds is 7. The van der Waals surface area contributed by atoms with Crippen molar-refractivity contribution < 1.29 is 9.59 Å². The molecule has 2 amide bonds. The quantitative estimate of drug-likeness (QED) is 0.437. The summed E-state index contributed by atoms with van der Waals surface area (Å²) in [5, 5.41) is 5.38. The highest BCUT2D eigenvalue weighted by molar-refractivity contribution is 5.85. The van der Waals surface area contributed by atoms with Gasteiger partial charge in [-0.05, 0) is 6.92 Å². The molecule has 0 saturated heterocycles. The van der Waals surface area contributed by atoms with E-state index in [9.17, 15) is 9.59 Å². The highest BCUT2D eigenvalue weighted by Gasteiger charge is 2.13. The molecule has 0 rings (SSSR count). The first-order valence-corrected chi connectivity index (χ1v) is 4.95. The lowest BCUT2D eigenvalue weighted by Crippen LogP contribution is -2.43. The number of nitrogens with one attached hydrogen (secondary N) is 2. The molecule has 0 aliphatic heterocycles. The van der Waals surface area contributed by atoms with Gasteiger partial charge in [0.15, 0.2) is 0 Å². The summed E-state index contributed by atoms with van der Waals surface area (Å²) in [6, 6.07) is 0. The molecule has 0 heterocycles. The standard InChI is InChI=1S/C10H19N3O2/c1-4-6-12-7-10(15)13(5-2)8-9(14)11-3/h4,12H,1,5-8H2,2-3H3,(H,11,14). The highest BCUT2D eigenvalue weighted by atomic mass is 16.2. The summed E-state index contributed by atoms with van der Waals surface area (Å²) in [6.45, 7) is 6.84. The van der Waals surface area contributed by atoms with Gasteiger partial charge < -0.3 is 15.5 Å². The second-order valence-corrected chi connectivity index (χ2v) is 3.00. The Morgan fingerprint density at radius 3 is 2.60 bits per heavy atom. The Morgan fingerprint density at radius 2 is 2.13 bits per heavy atom. The second kappa shape index (κ2) is 7.99. The van der Waals surface area contributed by atoms with E-state index < -0.39 is 0 Å². The van der Waals surface area contributed by atoms with E-state index in [2.05, 4.69) is 17.2 Å². The molecule has 0 fully saturated rings. The summed E-state index contributed by atoms with van der Waals surface area (Å²) in [4.78, 5) is 24.1. The van der Waals surface area contributed by atoms with Crippen molar-refractivity contribution in [3.63, 3.8) is 0 Å². The van der Waals surface area contributed by atoms with Crippen molar-refractivity contribution in [1.29, 1.82) is 0 Å². The van der Waals surface area contributed by atoms with Crippen LogP contribution in [0.25, 0.3) is 0 Å². The van der Waals surface area contributed by atoms with E-state index in [0.717, 1.165) is 0 Å². The third-order valence-corrected chi connectivity index (χ3v) is 1.91. The van der Waals surface area contributed by atoms with Crippen molar-refractivity contribution in [1.82, 2.24) is 15.5 Å². The minimum absolute atomic E-state index is 0.0806. The average molecular weight is 213 g/mol. The van der Waals surface area contributed by atoms with E-state index >= 15 is 0 Å². The van der Waals surface area contributed by atoms with Gasteiger partial charge in [0.1, 0.15) is 0 Å². The summed E-state index contributed by atoms with van der Waals surface area (Å²) in [5.74, 6) is -0.239. The summed E-state index contributed by atoms with van der Waals surface area (Å²) in [7, 11) is 1.55. The van der Waals surface area contributed by atoms with Crippen LogP contribution in [-0.4, -0.2) is 49.9 Å². The van der Waals surface area contributed by atoms with Crippen LogP contribution in [0, 0.1) is 0 Å². The molecule has 0 spiro atoms. The van der Waals surface area contributed by atoms with Crippen LogP contribution in [0.5, 0.6) is 0 Å².